The number of carbonyl (C=O) groups is 1. The molecule has 0 spiro atoms. The molecular weight excluding hydrogens is 228 g/mol. The Balaban J connectivity index is 2.05. The fourth-order valence-electron chi connectivity index (χ4n) is 1.12. The minimum absolute atomic E-state index is 0.198. The number of rotatable bonds is 4. The second-order valence-corrected chi connectivity index (χ2v) is 3.82. The van der Waals surface area contributed by atoms with E-state index in [9.17, 15) is 4.79 Å². The molecule has 0 aliphatic heterocycles. The van der Waals surface area contributed by atoms with Gasteiger partial charge in [0.2, 0.25) is 0 Å². The molecule has 5 nitrogen and oxygen atoms in total. The molecule has 0 saturated carbocycles. The van der Waals surface area contributed by atoms with Crippen molar-refractivity contribution < 1.29 is 14.6 Å². The molecular formula is C10H8N2O3S. The van der Waals surface area contributed by atoms with Crippen LogP contribution in [0, 0.1) is 0 Å². The van der Waals surface area contributed by atoms with Crippen molar-refractivity contribution in [3.63, 3.8) is 0 Å². The minimum Gasteiger partial charge on any atom is -0.485 e. The molecule has 0 amide bonds. The van der Waals surface area contributed by atoms with Gasteiger partial charge in [0.25, 0.3) is 0 Å². The summed E-state index contributed by atoms with van der Waals surface area (Å²) >= 11 is 1.13. The molecule has 0 aliphatic carbocycles. The molecule has 16 heavy (non-hydrogen) atoms. The third kappa shape index (κ3) is 2.34. The standard InChI is InChI=1S/C10H8N2O3S/c13-10(14)9-8(1-4-16-9)15-6-7-5-11-2-3-12-7/h1-5H,6H2,(H,13,14). The van der Waals surface area contributed by atoms with Gasteiger partial charge >= 0.3 is 5.97 Å². The summed E-state index contributed by atoms with van der Waals surface area (Å²) in [5.41, 5.74) is 0.657. The van der Waals surface area contributed by atoms with Crippen LogP contribution in [0.2, 0.25) is 0 Å². The van der Waals surface area contributed by atoms with Crippen molar-refractivity contribution in [2.24, 2.45) is 0 Å². The Morgan fingerprint density at radius 1 is 1.50 bits per heavy atom. The Labute approximate surface area is 95.4 Å². The largest absolute Gasteiger partial charge is 0.485 e. The van der Waals surface area contributed by atoms with E-state index in [1.165, 1.54) is 0 Å². The molecule has 82 valence electrons. The Kier molecular flexibility index (Phi) is 3.11. The molecule has 2 aromatic heterocycles. The van der Waals surface area contributed by atoms with Gasteiger partial charge in [-0.1, -0.05) is 0 Å². The lowest BCUT2D eigenvalue weighted by atomic mass is 10.4. The van der Waals surface area contributed by atoms with Gasteiger partial charge < -0.3 is 9.84 Å². The van der Waals surface area contributed by atoms with Crippen molar-refractivity contribution in [3.8, 4) is 5.75 Å². The average molecular weight is 236 g/mol. The molecule has 0 unspecified atom stereocenters. The third-order valence-electron chi connectivity index (χ3n) is 1.82. The zero-order valence-electron chi connectivity index (χ0n) is 8.16. The minimum atomic E-state index is -0.982. The van der Waals surface area contributed by atoms with Crippen LogP contribution in [0.1, 0.15) is 15.4 Å². The van der Waals surface area contributed by atoms with E-state index < -0.39 is 5.97 Å². The topological polar surface area (TPSA) is 72.3 Å². The van der Waals surface area contributed by atoms with Gasteiger partial charge in [0.15, 0.2) is 4.88 Å². The van der Waals surface area contributed by atoms with Crippen molar-refractivity contribution in [3.05, 3.63) is 40.6 Å². The highest BCUT2D eigenvalue weighted by Gasteiger charge is 2.12. The molecule has 0 fully saturated rings. The van der Waals surface area contributed by atoms with Crippen LogP contribution in [-0.4, -0.2) is 21.0 Å². The van der Waals surface area contributed by atoms with Crippen molar-refractivity contribution in [1.82, 2.24) is 9.97 Å². The van der Waals surface area contributed by atoms with Crippen LogP contribution in [0.15, 0.2) is 30.0 Å². The second-order valence-electron chi connectivity index (χ2n) is 2.90. The summed E-state index contributed by atoms with van der Waals surface area (Å²) in [6.45, 7) is 0.213. The summed E-state index contributed by atoms with van der Waals surface area (Å²) in [7, 11) is 0. The van der Waals surface area contributed by atoms with Gasteiger partial charge in [-0.25, -0.2) is 4.79 Å². The molecule has 0 aliphatic rings. The predicted molar refractivity (Wildman–Crippen MR) is 57.6 cm³/mol. The van der Waals surface area contributed by atoms with Gasteiger partial charge in [0.05, 0.1) is 11.9 Å². The lowest BCUT2D eigenvalue weighted by molar-refractivity contribution is 0.0697. The van der Waals surface area contributed by atoms with Gasteiger partial charge in [-0.2, -0.15) is 0 Å². The SMILES string of the molecule is O=C(O)c1sccc1OCc1cnccn1. The van der Waals surface area contributed by atoms with Gasteiger partial charge in [-0.3, -0.25) is 9.97 Å². The van der Waals surface area contributed by atoms with E-state index in [0.29, 0.717) is 11.4 Å². The first-order valence-electron chi connectivity index (χ1n) is 4.46. The lowest BCUT2D eigenvalue weighted by Gasteiger charge is -2.03. The first kappa shape index (κ1) is 10.6. The lowest BCUT2D eigenvalue weighted by Crippen LogP contribution is -2.01. The smallest absolute Gasteiger partial charge is 0.349 e. The molecule has 0 saturated heterocycles. The average Bonchev–Trinajstić information content (AvgIpc) is 2.76. The van der Waals surface area contributed by atoms with Crippen LogP contribution in [0.5, 0.6) is 5.75 Å². The molecule has 2 rings (SSSR count). The van der Waals surface area contributed by atoms with Gasteiger partial charge in [0, 0.05) is 12.4 Å². The van der Waals surface area contributed by atoms with E-state index in [-0.39, 0.29) is 11.5 Å². The number of aromatic nitrogens is 2. The molecule has 6 heteroatoms. The van der Waals surface area contributed by atoms with E-state index in [2.05, 4.69) is 9.97 Å². The Hall–Kier alpha value is -1.95. The number of carboxylic acid groups (broad SMARTS) is 1. The van der Waals surface area contributed by atoms with Crippen LogP contribution in [0.4, 0.5) is 0 Å². The van der Waals surface area contributed by atoms with E-state index in [1.807, 2.05) is 0 Å². The highest BCUT2D eigenvalue weighted by molar-refractivity contribution is 7.12. The summed E-state index contributed by atoms with van der Waals surface area (Å²) in [4.78, 5) is 18.9. The maximum Gasteiger partial charge on any atom is 0.349 e. The maximum absolute atomic E-state index is 10.8. The quantitative estimate of drug-likeness (QED) is 0.876. The maximum atomic E-state index is 10.8. The van der Waals surface area contributed by atoms with Crippen LogP contribution < -0.4 is 4.74 Å². The fraction of sp³-hybridized carbons (Fsp3) is 0.100. The van der Waals surface area contributed by atoms with Crippen molar-refractivity contribution in [2.45, 2.75) is 6.61 Å². The number of carboxylic acids is 1. The number of ether oxygens (including phenoxy) is 1. The first-order chi connectivity index (χ1) is 7.77. The predicted octanol–water partition coefficient (Wildman–Crippen LogP) is 1.82. The van der Waals surface area contributed by atoms with Gasteiger partial charge in [-0.15, -0.1) is 11.3 Å². The number of aromatic carboxylic acids is 1. The number of nitrogens with zero attached hydrogens (tertiary/aromatic N) is 2. The monoisotopic (exact) mass is 236 g/mol. The highest BCUT2D eigenvalue weighted by atomic mass is 32.1. The second kappa shape index (κ2) is 4.71. The van der Waals surface area contributed by atoms with Crippen LogP contribution >= 0.6 is 11.3 Å². The van der Waals surface area contributed by atoms with E-state index in [0.717, 1.165) is 11.3 Å². The van der Waals surface area contributed by atoms with Gasteiger partial charge in [0.1, 0.15) is 12.4 Å². The third-order valence-corrected chi connectivity index (χ3v) is 2.70. The summed E-state index contributed by atoms with van der Waals surface area (Å²) in [5, 5.41) is 10.5. The summed E-state index contributed by atoms with van der Waals surface area (Å²) < 4.78 is 5.35. The van der Waals surface area contributed by atoms with Crippen molar-refractivity contribution in [2.75, 3.05) is 0 Å². The molecule has 0 radical (unpaired) electrons. The summed E-state index contributed by atoms with van der Waals surface area (Å²) in [6, 6.07) is 1.63. The number of hydrogen-bond acceptors (Lipinski definition) is 5. The Morgan fingerprint density at radius 3 is 3.06 bits per heavy atom. The van der Waals surface area contributed by atoms with E-state index >= 15 is 0 Å². The Bertz CT molecular complexity index is 484. The number of hydrogen-bond donors (Lipinski definition) is 1. The van der Waals surface area contributed by atoms with Crippen LogP contribution in [0.3, 0.4) is 0 Å². The molecule has 0 bridgehead atoms. The molecule has 2 heterocycles. The molecule has 1 N–H and O–H groups in total. The first-order valence-corrected chi connectivity index (χ1v) is 5.34. The fourth-order valence-corrected chi connectivity index (χ4v) is 1.79. The molecule has 2 aromatic rings. The van der Waals surface area contributed by atoms with Crippen molar-refractivity contribution >= 4 is 17.3 Å². The van der Waals surface area contributed by atoms with Crippen molar-refractivity contribution in [1.29, 1.82) is 0 Å². The van der Waals surface area contributed by atoms with E-state index in [4.69, 9.17) is 9.84 Å². The Morgan fingerprint density at radius 2 is 2.38 bits per heavy atom. The van der Waals surface area contributed by atoms with Gasteiger partial charge in [-0.05, 0) is 11.4 Å². The molecule has 0 atom stereocenters. The van der Waals surface area contributed by atoms with Crippen LogP contribution in [-0.2, 0) is 6.61 Å². The normalized spacial score (nSPS) is 10.0. The highest BCUT2D eigenvalue weighted by Crippen LogP contribution is 2.25. The summed E-state index contributed by atoms with van der Waals surface area (Å²) in [6.07, 6.45) is 4.70. The zero-order chi connectivity index (χ0) is 11.4. The summed E-state index contributed by atoms with van der Waals surface area (Å²) in [5.74, 6) is -0.618. The van der Waals surface area contributed by atoms with Crippen LogP contribution in [0.25, 0.3) is 0 Å². The molecule has 0 aromatic carbocycles. The number of thiophene rings is 1. The van der Waals surface area contributed by atoms with E-state index in [1.54, 1.807) is 30.0 Å². The zero-order valence-corrected chi connectivity index (χ0v) is 8.98.